The molecule has 6 heteroatoms. The lowest BCUT2D eigenvalue weighted by molar-refractivity contribution is -0.120. The zero-order valence-electron chi connectivity index (χ0n) is 9.81. The molecule has 0 fully saturated rings. The third-order valence-electron chi connectivity index (χ3n) is 2.32. The molecule has 0 spiro atoms. The molecule has 0 saturated heterocycles. The number of nitrogens with zero attached hydrogens (tertiary/aromatic N) is 2. The first kappa shape index (κ1) is 12.2. The molecule has 1 amide bonds. The molecule has 0 unspecified atom stereocenters. The number of rotatable bonds is 4. The van der Waals surface area contributed by atoms with Gasteiger partial charge in [-0.25, -0.2) is 4.39 Å². The van der Waals surface area contributed by atoms with Crippen molar-refractivity contribution in [1.82, 2.24) is 15.5 Å². The van der Waals surface area contributed by atoms with Crippen molar-refractivity contribution < 1.29 is 13.7 Å². The summed E-state index contributed by atoms with van der Waals surface area (Å²) in [6, 6.07) is 6.28. The fraction of sp³-hybridized carbons (Fsp3) is 0.250. The van der Waals surface area contributed by atoms with Crippen LogP contribution in [0.3, 0.4) is 0 Å². The molecule has 1 heterocycles. The maximum atomic E-state index is 13.3. The van der Waals surface area contributed by atoms with E-state index >= 15 is 0 Å². The van der Waals surface area contributed by atoms with Gasteiger partial charge in [-0.2, -0.15) is 4.98 Å². The summed E-state index contributed by atoms with van der Waals surface area (Å²) in [5.41, 5.74) is 0.438. The fourth-order valence-corrected chi connectivity index (χ4v) is 1.45. The maximum Gasteiger partial charge on any atom is 0.236 e. The van der Waals surface area contributed by atoms with Crippen LogP contribution in [0.5, 0.6) is 0 Å². The monoisotopic (exact) mass is 249 g/mol. The van der Waals surface area contributed by atoms with Crippen molar-refractivity contribution in [2.75, 3.05) is 0 Å². The van der Waals surface area contributed by atoms with Crippen LogP contribution in [0.4, 0.5) is 4.39 Å². The number of halogens is 1. The van der Waals surface area contributed by atoms with Gasteiger partial charge < -0.3 is 9.84 Å². The van der Waals surface area contributed by atoms with E-state index in [2.05, 4.69) is 15.5 Å². The first-order valence-electron chi connectivity index (χ1n) is 5.44. The molecule has 2 rings (SSSR count). The number of carbonyl (C=O) groups is 1. The van der Waals surface area contributed by atoms with Gasteiger partial charge >= 0.3 is 0 Å². The van der Waals surface area contributed by atoms with Crippen LogP contribution in [-0.4, -0.2) is 16.0 Å². The summed E-state index contributed by atoms with van der Waals surface area (Å²) in [6.45, 7) is 1.81. The van der Waals surface area contributed by atoms with E-state index in [1.165, 1.54) is 6.07 Å². The summed E-state index contributed by atoms with van der Waals surface area (Å²) in [5.74, 6) is 0.0961. The fourth-order valence-electron chi connectivity index (χ4n) is 1.45. The number of hydrogen-bond acceptors (Lipinski definition) is 4. The van der Waals surface area contributed by atoms with Crippen molar-refractivity contribution in [3.8, 4) is 0 Å². The van der Waals surface area contributed by atoms with Gasteiger partial charge in [-0.3, -0.25) is 4.79 Å². The average Bonchev–Trinajstić information content (AvgIpc) is 2.74. The summed E-state index contributed by atoms with van der Waals surface area (Å²) in [5, 5.41) is 6.17. The molecular formula is C12H12FN3O2. The quantitative estimate of drug-likeness (QED) is 0.888. The maximum absolute atomic E-state index is 13.3. The second-order valence-corrected chi connectivity index (χ2v) is 3.78. The lowest BCUT2D eigenvalue weighted by Crippen LogP contribution is -2.25. The van der Waals surface area contributed by atoms with Crippen LogP contribution in [0, 0.1) is 12.7 Å². The zero-order valence-corrected chi connectivity index (χ0v) is 9.81. The van der Waals surface area contributed by atoms with Crippen molar-refractivity contribution in [3.63, 3.8) is 0 Å². The Hall–Kier alpha value is -2.24. The summed E-state index contributed by atoms with van der Waals surface area (Å²) in [7, 11) is 0. The Labute approximate surface area is 103 Å². The molecule has 0 atom stereocenters. The van der Waals surface area contributed by atoms with E-state index < -0.39 is 0 Å². The summed E-state index contributed by atoms with van der Waals surface area (Å²) >= 11 is 0. The number of aryl methyl sites for hydroxylation is 1. The van der Waals surface area contributed by atoms with E-state index in [0.29, 0.717) is 11.4 Å². The van der Waals surface area contributed by atoms with Crippen LogP contribution in [0.15, 0.2) is 28.8 Å². The van der Waals surface area contributed by atoms with E-state index in [4.69, 9.17) is 4.52 Å². The van der Waals surface area contributed by atoms with Gasteiger partial charge in [0.25, 0.3) is 0 Å². The van der Waals surface area contributed by atoms with Crippen LogP contribution in [-0.2, 0) is 17.8 Å². The Kier molecular flexibility index (Phi) is 3.66. The largest absolute Gasteiger partial charge is 0.351 e. The second-order valence-electron chi connectivity index (χ2n) is 3.78. The Bertz CT molecular complexity index is 554. The Morgan fingerprint density at radius 3 is 2.89 bits per heavy atom. The number of nitrogens with one attached hydrogen (secondary N) is 1. The predicted molar refractivity (Wildman–Crippen MR) is 61.0 cm³/mol. The van der Waals surface area contributed by atoms with Crippen LogP contribution in [0.1, 0.15) is 17.3 Å². The molecule has 2 aromatic rings. The molecule has 0 aliphatic rings. The van der Waals surface area contributed by atoms with E-state index in [9.17, 15) is 9.18 Å². The summed E-state index contributed by atoms with van der Waals surface area (Å²) in [4.78, 5) is 15.5. The third kappa shape index (κ3) is 3.13. The molecule has 5 nitrogen and oxygen atoms in total. The average molecular weight is 249 g/mol. The highest BCUT2D eigenvalue weighted by atomic mass is 19.1. The van der Waals surface area contributed by atoms with E-state index in [1.54, 1.807) is 25.1 Å². The number of amides is 1. The molecule has 1 N–H and O–H groups in total. The predicted octanol–water partition coefficient (Wildman–Crippen LogP) is 1.38. The smallest absolute Gasteiger partial charge is 0.236 e. The van der Waals surface area contributed by atoms with Crippen LogP contribution >= 0.6 is 0 Å². The number of aromatic nitrogens is 2. The minimum Gasteiger partial charge on any atom is -0.351 e. The van der Waals surface area contributed by atoms with Crippen molar-refractivity contribution in [3.05, 3.63) is 47.4 Å². The molecule has 0 radical (unpaired) electrons. The first-order chi connectivity index (χ1) is 8.65. The van der Waals surface area contributed by atoms with Gasteiger partial charge in [-0.1, -0.05) is 23.4 Å². The summed E-state index contributed by atoms with van der Waals surface area (Å²) in [6.07, 6.45) is -0.00467. The van der Waals surface area contributed by atoms with Gasteiger partial charge in [0, 0.05) is 12.1 Å². The van der Waals surface area contributed by atoms with Crippen LogP contribution in [0.2, 0.25) is 0 Å². The van der Waals surface area contributed by atoms with Gasteiger partial charge in [0.05, 0.1) is 0 Å². The normalized spacial score (nSPS) is 10.3. The highest BCUT2D eigenvalue weighted by Gasteiger charge is 2.10. The van der Waals surface area contributed by atoms with Gasteiger partial charge in [0.15, 0.2) is 5.82 Å². The minimum absolute atomic E-state index is 0.00467. The highest BCUT2D eigenvalue weighted by molar-refractivity contribution is 5.77. The molecule has 1 aromatic heterocycles. The molecule has 0 saturated carbocycles. The molecule has 18 heavy (non-hydrogen) atoms. The van der Waals surface area contributed by atoms with Gasteiger partial charge in [0.2, 0.25) is 11.8 Å². The Balaban J connectivity index is 1.87. The number of hydrogen-bond donors (Lipinski definition) is 1. The molecule has 94 valence electrons. The summed E-state index contributed by atoms with van der Waals surface area (Å²) < 4.78 is 18.1. The van der Waals surface area contributed by atoms with Crippen molar-refractivity contribution in [2.45, 2.75) is 19.9 Å². The number of benzene rings is 1. The van der Waals surface area contributed by atoms with Crippen LogP contribution in [0.25, 0.3) is 0 Å². The topological polar surface area (TPSA) is 68.0 Å². The van der Waals surface area contributed by atoms with E-state index in [0.717, 1.165) is 0 Å². The van der Waals surface area contributed by atoms with E-state index in [1.807, 2.05) is 0 Å². The van der Waals surface area contributed by atoms with E-state index in [-0.39, 0.29) is 30.6 Å². The van der Waals surface area contributed by atoms with Crippen molar-refractivity contribution in [1.29, 1.82) is 0 Å². The van der Waals surface area contributed by atoms with Gasteiger partial charge in [-0.05, 0) is 13.0 Å². The van der Waals surface area contributed by atoms with Crippen LogP contribution < -0.4 is 5.32 Å². The molecule has 0 bridgehead atoms. The molecule has 0 aliphatic carbocycles. The third-order valence-corrected chi connectivity index (χ3v) is 2.32. The SMILES string of the molecule is Cc1noc(CC(=O)NCc2ccccc2F)n1. The van der Waals surface area contributed by atoms with Gasteiger partial charge in [0.1, 0.15) is 12.2 Å². The Morgan fingerprint density at radius 1 is 1.44 bits per heavy atom. The first-order valence-corrected chi connectivity index (χ1v) is 5.44. The lowest BCUT2D eigenvalue weighted by Gasteiger charge is -2.04. The second kappa shape index (κ2) is 5.39. The highest BCUT2D eigenvalue weighted by Crippen LogP contribution is 2.05. The number of carbonyl (C=O) groups excluding carboxylic acids is 1. The minimum atomic E-state index is -0.341. The lowest BCUT2D eigenvalue weighted by atomic mass is 10.2. The molecule has 1 aromatic carbocycles. The molecule has 0 aliphatic heterocycles. The van der Waals surface area contributed by atoms with Crippen molar-refractivity contribution in [2.24, 2.45) is 0 Å². The molecular weight excluding hydrogens is 237 g/mol. The van der Waals surface area contributed by atoms with Crippen molar-refractivity contribution >= 4 is 5.91 Å². The Morgan fingerprint density at radius 2 is 2.22 bits per heavy atom. The standard InChI is InChI=1S/C12H12FN3O2/c1-8-15-12(18-16-8)6-11(17)14-7-9-4-2-3-5-10(9)13/h2-5H,6-7H2,1H3,(H,14,17). The van der Waals surface area contributed by atoms with Gasteiger partial charge in [-0.15, -0.1) is 0 Å². The zero-order chi connectivity index (χ0) is 13.0.